The molecule has 23 heavy (non-hydrogen) atoms. The maximum absolute atomic E-state index is 13.7. The van der Waals surface area contributed by atoms with Gasteiger partial charge in [-0.3, -0.25) is 0 Å². The van der Waals surface area contributed by atoms with E-state index in [1.54, 1.807) is 36.5 Å². The lowest BCUT2D eigenvalue weighted by Crippen LogP contribution is -2.85. The van der Waals surface area contributed by atoms with E-state index in [2.05, 4.69) is 15.9 Å². The zero-order chi connectivity index (χ0) is 17.0. The molecule has 0 aliphatic carbocycles. The second kappa shape index (κ2) is 7.51. The smallest absolute Gasteiger partial charge is 0.183 e. The average molecular weight is 405 g/mol. The second-order valence-electron chi connectivity index (χ2n) is 5.25. The Morgan fingerprint density at radius 1 is 1.13 bits per heavy atom. The summed E-state index contributed by atoms with van der Waals surface area (Å²) in [6.45, 7) is 2.04. The molecule has 2 rings (SSSR count). The van der Waals surface area contributed by atoms with E-state index < -0.39 is 21.5 Å². The average Bonchev–Trinajstić information content (AvgIpc) is 2.47. The molecule has 0 amide bonds. The number of rotatable bonds is 6. The van der Waals surface area contributed by atoms with Gasteiger partial charge >= 0.3 is 0 Å². The minimum Gasteiger partial charge on any atom is -0.339 e. The summed E-state index contributed by atoms with van der Waals surface area (Å²) in [5.74, 6) is -1.30. The molecular formula is C16H17BrF2NO2S+. The minimum absolute atomic E-state index is 0.0538. The molecule has 0 saturated carbocycles. The molecule has 2 aromatic rings. The largest absolute Gasteiger partial charge is 0.339 e. The van der Waals surface area contributed by atoms with Gasteiger partial charge in [-0.05, 0) is 43.3 Å². The first-order chi connectivity index (χ1) is 10.8. The Morgan fingerprint density at radius 2 is 1.78 bits per heavy atom. The Labute approximate surface area is 142 Å². The van der Waals surface area contributed by atoms with Crippen LogP contribution in [0.5, 0.6) is 0 Å². The van der Waals surface area contributed by atoms with Crippen LogP contribution in [0.15, 0.2) is 51.8 Å². The molecule has 0 spiro atoms. The van der Waals surface area contributed by atoms with Gasteiger partial charge in [0.2, 0.25) is 0 Å². The van der Waals surface area contributed by atoms with Crippen molar-refractivity contribution in [3.05, 3.63) is 64.1 Å². The summed E-state index contributed by atoms with van der Waals surface area (Å²) in [5, 5.41) is 1.73. The van der Waals surface area contributed by atoms with Gasteiger partial charge in [0.15, 0.2) is 9.84 Å². The molecule has 0 unspecified atom stereocenters. The van der Waals surface area contributed by atoms with E-state index in [0.29, 0.717) is 5.56 Å². The fourth-order valence-electron chi connectivity index (χ4n) is 2.23. The van der Waals surface area contributed by atoms with Gasteiger partial charge in [-0.1, -0.05) is 15.9 Å². The third-order valence-electron chi connectivity index (χ3n) is 3.53. The molecule has 0 aliphatic heterocycles. The Kier molecular flexibility index (Phi) is 5.89. The Balaban J connectivity index is 1.97. The summed E-state index contributed by atoms with van der Waals surface area (Å²) in [6, 6.07) is 9.55. The lowest BCUT2D eigenvalue weighted by molar-refractivity contribution is -0.689. The molecule has 124 valence electrons. The van der Waals surface area contributed by atoms with Gasteiger partial charge in [-0.15, -0.1) is 0 Å². The summed E-state index contributed by atoms with van der Waals surface area (Å²) < 4.78 is 51.8. The summed E-state index contributed by atoms with van der Waals surface area (Å²) in [5.41, 5.74) is 0.354. The van der Waals surface area contributed by atoms with Crippen molar-refractivity contribution in [2.75, 3.05) is 12.3 Å². The first-order valence-corrected chi connectivity index (χ1v) is 9.51. The summed E-state index contributed by atoms with van der Waals surface area (Å²) in [7, 11) is -3.38. The highest BCUT2D eigenvalue weighted by molar-refractivity contribution is 9.10. The summed E-state index contributed by atoms with van der Waals surface area (Å²) >= 11 is 3.26. The lowest BCUT2D eigenvalue weighted by atomic mass is 10.1. The van der Waals surface area contributed by atoms with Crippen molar-refractivity contribution in [1.82, 2.24) is 0 Å². The number of hydrogen-bond acceptors (Lipinski definition) is 2. The van der Waals surface area contributed by atoms with E-state index in [1.807, 2.05) is 0 Å². The van der Waals surface area contributed by atoms with Crippen LogP contribution in [0.25, 0.3) is 0 Å². The van der Waals surface area contributed by atoms with Crippen LogP contribution >= 0.6 is 15.9 Å². The van der Waals surface area contributed by atoms with Crippen molar-refractivity contribution < 1.29 is 22.5 Å². The Hall–Kier alpha value is -1.31. The Bertz CT molecular complexity index is 779. The van der Waals surface area contributed by atoms with Gasteiger partial charge in [0.25, 0.3) is 0 Å². The van der Waals surface area contributed by atoms with E-state index in [9.17, 15) is 17.2 Å². The van der Waals surface area contributed by atoms with E-state index in [1.165, 1.54) is 12.1 Å². The first kappa shape index (κ1) is 18.0. The van der Waals surface area contributed by atoms with Crippen molar-refractivity contribution in [2.24, 2.45) is 0 Å². The van der Waals surface area contributed by atoms with Crippen molar-refractivity contribution in [1.29, 1.82) is 0 Å². The number of hydrogen-bond donors (Lipinski definition) is 1. The fraction of sp³-hybridized carbons (Fsp3) is 0.250. The van der Waals surface area contributed by atoms with Gasteiger partial charge in [-0.2, -0.15) is 0 Å². The lowest BCUT2D eigenvalue weighted by Gasteiger charge is -2.12. The van der Waals surface area contributed by atoms with Crippen LogP contribution in [-0.2, 0) is 9.84 Å². The molecule has 0 bridgehead atoms. The third kappa shape index (κ3) is 4.83. The summed E-state index contributed by atoms with van der Waals surface area (Å²) in [6.07, 6.45) is 0. The fourth-order valence-corrected chi connectivity index (χ4v) is 3.73. The molecule has 0 aliphatic rings. The van der Waals surface area contributed by atoms with E-state index in [-0.39, 0.29) is 23.2 Å². The van der Waals surface area contributed by atoms with Gasteiger partial charge < -0.3 is 5.32 Å². The van der Waals surface area contributed by atoms with Gasteiger partial charge in [0, 0.05) is 16.1 Å². The Morgan fingerprint density at radius 3 is 2.39 bits per heavy atom. The number of quaternary nitrogens is 1. The normalized spacial score (nSPS) is 13.0. The van der Waals surface area contributed by atoms with Crippen LogP contribution in [0.2, 0.25) is 0 Å². The predicted molar refractivity (Wildman–Crippen MR) is 87.8 cm³/mol. The molecule has 7 heteroatoms. The summed E-state index contributed by atoms with van der Waals surface area (Å²) in [4.78, 5) is 0.259. The number of sulfone groups is 1. The standard InChI is InChI=1S/C16H16BrF2NO2S/c1-11(15-7-4-13(18)10-16(15)19)20-8-9-23(21,22)14-5-2-12(17)3-6-14/h2-7,10-11,20H,8-9H2,1H3/p+1/t11-/m0/s1. The quantitative estimate of drug-likeness (QED) is 0.804. The topological polar surface area (TPSA) is 50.8 Å². The van der Waals surface area contributed by atoms with Gasteiger partial charge in [0.1, 0.15) is 23.4 Å². The molecule has 2 N–H and O–H groups in total. The van der Waals surface area contributed by atoms with Crippen molar-refractivity contribution >= 4 is 25.8 Å². The zero-order valence-corrected chi connectivity index (χ0v) is 14.9. The van der Waals surface area contributed by atoms with Gasteiger partial charge in [0.05, 0.1) is 11.4 Å². The molecular weight excluding hydrogens is 388 g/mol. The maximum atomic E-state index is 13.7. The van der Waals surface area contributed by atoms with Crippen molar-refractivity contribution in [3.8, 4) is 0 Å². The van der Waals surface area contributed by atoms with Crippen LogP contribution in [0, 0.1) is 11.6 Å². The first-order valence-electron chi connectivity index (χ1n) is 7.06. The van der Waals surface area contributed by atoms with Crippen LogP contribution < -0.4 is 5.32 Å². The molecule has 0 fully saturated rings. The molecule has 0 aromatic heterocycles. The van der Waals surface area contributed by atoms with Gasteiger partial charge in [-0.25, -0.2) is 17.2 Å². The SMILES string of the molecule is C[C@H]([NH2+]CCS(=O)(=O)c1ccc(Br)cc1)c1ccc(F)cc1F. The van der Waals surface area contributed by atoms with Crippen LogP contribution in [0.1, 0.15) is 18.5 Å². The molecule has 1 atom stereocenters. The number of benzene rings is 2. The van der Waals surface area contributed by atoms with Crippen molar-refractivity contribution in [2.45, 2.75) is 17.9 Å². The van der Waals surface area contributed by atoms with E-state index in [4.69, 9.17) is 0 Å². The van der Waals surface area contributed by atoms with Crippen LogP contribution in [0.4, 0.5) is 8.78 Å². The molecule has 0 heterocycles. The third-order valence-corrected chi connectivity index (χ3v) is 5.82. The van der Waals surface area contributed by atoms with Crippen LogP contribution in [-0.4, -0.2) is 20.7 Å². The highest BCUT2D eigenvalue weighted by atomic mass is 79.9. The zero-order valence-electron chi connectivity index (χ0n) is 12.5. The van der Waals surface area contributed by atoms with Crippen LogP contribution in [0.3, 0.4) is 0 Å². The molecule has 0 saturated heterocycles. The molecule has 3 nitrogen and oxygen atoms in total. The minimum atomic E-state index is -3.38. The van der Waals surface area contributed by atoms with Crippen molar-refractivity contribution in [3.63, 3.8) is 0 Å². The van der Waals surface area contributed by atoms with E-state index >= 15 is 0 Å². The maximum Gasteiger partial charge on any atom is 0.183 e. The highest BCUT2D eigenvalue weighted by Crippen LogP contribution is 2.16. The predicted octanol–water partition coefficient (Wildman–Crippen LogP) is 2.83. The monoisotopic (exact) mass is 404 g/mol. The number of nitrogens with two attached hydrogens (primary N) is 1. The highest BCUT2D eigenvalue weighted by Gasteiger charge is 2.18. The van der Waals surface area contributed by atoms with E-state index in [0.717, 1.165) is 10.5 Å². The second-order valence-corrected chi connectivity index (χ2v) is 8.28. The molecule has 2 aromatic carbocycles. The molecule has 0 radical (unpaired) electrons. The number of halogens is 3.